The summed E-state index contributed by atoms with van der Waals surface area (Å²) in [5.41, 5.74) is 2.56. The average molecular weight is 433 g/mol. The fraction of sp³-hybridized carbons (Fsp3) is 0.500. The molecule has 1 aliphatic rings. The van der Waals surface area contributed by atoms with Crippen molar-refractivity contribution >= 4 is 21.9 Å². The molecule has 0 atom stereocenters. The van der Waals surface area contributed by atoms with Crippen LogP contribution in [-0.4, -0.2) is 53.4 Å². The third kappa shape index (κ3) is 6.36. The van der Waals surface area contributed by atoms with Gasteiger partial charge in [-0.3, -0.25) is 14.6 Å². The first-order valence-corrected chi connectivity index (χ1v) is 10.3. The summed E-state index contributed by atoms with van der Waals surface area (Å²) in [5, 5.41) is 11.3. The minimum Gasteiger partial charge on any atom is -0.355 e. The topological polar surface area (TPSA) is 57.5 Å². The number of nitrogens with one attached hydrogen (secondary N) is 2. The summed E-state index contributed by atoms with van der Waals surface area (Å²) < 4.78 is 3.09. The molecule has 1 fully saturated rings. The molecule has 1 saturated heterocycles. The van der Waals surface area contributed by atoms with Crippen LogP contribution in [0.25, 0.3) is 0 Å². The van der Waals surface area contributed by atoms with Crippen molar-refractivity contribution in [3.63, 3.8) is 0 Å². The molecule has 0 bridgehead atoms. The van der Waals surface area contributed by atoms with Gasteiger partial charge in [-0.15, -0.1) is 0 Å². The van der Waals surface area contributed by atoms with Crippen LogP contribution in [0.4, 0.5) is 0 Å². The van der Waals surface area contributed by atoms with Crippen LogP contribution in [0.3, 0.4) is 0 Å². The van der Waals surface area contributed by atoms with Gasteiger partial charge in [0.05, 0.1) is 12.7 Å². The van der Waals surface area contributed by atoms with Gasteiger partial charge in [-0.05, 0) is 43.0 Å². The van der Waals surface area contributed by atoms with Gasteiger partial charge in [0.15, 0.2) is 5.96 Å². The number of rotatable bonds is 6. The highest BCUT2D eigenvalue weighted by atomic mass is 79.9. The monoisotopic (exact) mass is 432 g/mol. The van der Waals surface area contributed by atoms with E-state index in [1.165, 1.54) is 11.1 Å². The van der Waals surface area contributed by atoms with Crippen LogP contribution in [0.15, 0.2) is 46.1 Å². The molecule has 3 rings (SSSR count). The number of piperidine rings is 1. The summed E-state index contributed by atoms with van der Waals surface area (Å²) in [6, 6.07) is 9.10. The molecule has 6 nitrogen and oxygen atoms in total. The van der Waals surface area contributed by atoms with Gasteiger partial charge in [-0.1, -0.05) is 28.1 Å². The van der Waals surface area contributed by atoms with Gasteiger partial charge in [0, 0.05) is 49.9 Å². The fourth-order valence-corrected chi connectivity index (χ4v) is 3.61. The predicted octanol–water partition coefficient (Wildman–Crippen LogP) is 2.78. The summed E-state index contributed by atoms with van der Waals surface area (Å²) in [6.07, 6.45) is 6.21. The number of aromatic nitrogens is 2. The van der Waals surface area contributed by atoms with Gasteiger partial charge in [0.1, 0.15) is 0 Å². The van der Waals surface area contributed by atoms with E-state index in [0.717, 1.165) is 56.0 Å². The predicted molar refractivity (Wildman–Crippen MR) is 114 cm³/mol. The van der Waals surface area contributed by atoms with Gasteiger partial charge in [0.25, 0.3) is 0 Å². The summed E-state index contributed by atoms with van der Waals surface area (Å²) in [4.78, 5) is 6.89. The van der Waals surface area contributed by atoms with Crippen molar-refractivity contribution in [2.24, 2.45) is 4.99 Å². The standard InChI is InChI=1S/C20H29BrN6/c1-16-13-24-27(14-16)12-9-23-20(22-2)25-19-7-10-26(11-8-19)15-17-3-5-18(21)6-4-17/h3-6,13-14,19H,7-12,15H2,1-2H3,(H2,22,23,25). The molecule has 2 heterocycles. The van der Waals surface area contributed by atoms with E-state index in [1.54, 1.807) is 0 Å². The smallest absolute Gasteiger partial charge is 0.191 e. The Morgan fingerprint density at radius 1 is 1.26 bits per heavy atom. The molecule has 146 valence electrons. The first kappa shape index (κ1) is 19.9. The van der Waals surface area contributed by atoms with E-state index < -0.39 is 0 Å². The quantitative estimate of drug-likeness (QED) is 0.544. The molecule has 0 amide bonds. The molecule has 0 saturated carbocycles. The lowest BCUT2D eigenvalue weighted by Crippen LogP contribution is -2.49. The third-order valence-electron chi connectivity index (χ3n) is 4.87. The van der Waals surface area contributed by atoms with E-state index in [1.807, 2.05) is 17.9 Å². The Labute approximate surface area is 170 Å². The summed E-state index contributed by atoms with van der Waals surface area (Å²) in [6.45, 7) is 6.94. The Kier molecular flexibility index (Phi) is 7.29. The van der Waals surface area contributed by atoms with Crippen molar-refractivity contribution in [3.8, 4) is 0 Å². The van der Waals surface area contributed by atoms with E-state index in [9.17, 15) is 0 Å². The lowest BCUT2D eigenvalue weighted by Gasteiger charge is -2.33. The zero-order valence-corrected chi connectivity index (χ0v) is 17.7. The second-order valence-corrected chi connectivity index (χ2v) is 8.02. The van der Waals surface area contributed by atoms with Crippen molar-refractivity contribution in [3.05, 3.63) is 52.3 Å². The molecular weight excluding hydrogens is 404 g/mol. The molecule has 1 aliphatic heterocycles. The maximum absolute atomic E-state index is 4.36. The number of hydrogen-bond acceptors (Lipinski definition) is 3. The van der Waals surface area contributed by atoms with Crippen LogP contribution in [0.5, 0.6) is 0 Å². The van der Waals surface area contributed by atoms with E-state index in [0.29, 0.717) is 6.04 Å². The third-order valence-corrected chi connectivity index (χ3v) is 5.40. The van der Waals surface area contributed by atoms with Gasteiger partial charge in [0.2, 0.25) is 0 Å². The van der Waals surface area contributed by atoms with Gasteiger partial charge in [-0.25, -0.2) is 0 Å². The molecular formula is C20H29BrN6. The van der Waals surface area contributed by atoms with Crippen LogP contribution < -0.4 is 10.6 Å². The number of benzene rings is 1. The van der Waals surface area contributed by atoms with E-state index in [4.69, 9.17) is 0 Å². The first-order valence-electron chi connectivity index (χ1n) is 9.55. The highest BCUT2D eigenvalue weighted by Gasteiger charge is 2.20. The molecule has 27 heavy (non-hydrogen) atoms. The molecule has 0 radical (unpaired) electrons. The molecule has 2 N–H and O–H groups in total. The van der Waals surface area contributed by atoms with Crippen LogP contribution in [0.1, 0.15) is 24.0 Å². The molecule has 1 aromatic carbocycles. The molecule has 0 unspecified atom stereocenters. The zero-order chi connectivity index (χ0) is 19.1. The minimum absolute atomic E-state index is 0.476. The Bertz CT molecular complexity index is 731. The average Bonchev–Trinajstić information content (AvgIpc) is 3.09. The first-order chi connectivity index (χ1) is 13.1. The molecule has 1 aromatic heterocycles. The van der Waals surface area contributed by atoms with E-state index >= 15 is 0 Å². The largest absolute Gasteiger partial charge is 0.355 e. The van der Waals surface area contributed by atoms with Crippen LogP contribution in [0, 0.1) is 6.92 Å². The number of nitrogens with zero attached hydrogens (tertiary/aromatic N) is 4. The Hall–Kier alpha value is -1.86. The summed E-state index contributed by atoms with van der Waals surface area (Å²) in [7, 11) is 1.83. The van der Waals surface area contributed by atoms with Crippen molar-refractivity contribution in [2.45, 2.75) is 38.9 Å². The Morgan fingerprint density at radius 2 is 2.00 bits per heavy atom. The van der Waals surface area contributed by atoms with Crippen LogP contribution in [0.2, 0.25) is 0 Å². The number of halogens is 1. The highest BCUT2D eigenvalue weighted by Crippen LogP contribution is 2.16. The fourth-order valence-electron chi connectivity index (χ4n) is 3.35. The van der Waals surface area contributed by atoms with Crippen molar-refractivity contribution < 1.29 is 0 Å². The summed E-state index contributed by atoms with van der Waals surface area (Å²) in [5.74, 6) is 0.880. The number of hydrogen-bond donors (Lipinski definition) is 2. The highest BCUT2D eigenvalue weighted by molar-refractivity contribution is 9.10. The second-order valence-electron chi connectivity index (χ2n) is 7.10. The normalized spacial score (nSPS) is 16.5. The maximum atomic E-state index is 4.36. The second kappa shape index (κ2) is 9.90. The molecule has 7 heteroatoms. The van der Waals surface area contributed by atoms with Gasteiger partial charge >= 0.3 is 0 Å². The van der Waals surface area contributed by atoms with Gasteiger partial charge in [-0.2, -0.15) is 5.10 Å². The van der Waals surface area contributed by atoms with Crippen LogP contribution in [-0.2, 0) is 13.1 Å². The summed E-state index contributed by atoms with van der Waals surface area (Å²) >= 11 is 3.50. The zero-order valence-electron chi connectivity index (χ0n) is 16.2. The number of aryl methyl sites for hydroxylation is 1. The SMILES string of the molecule is CN=C(NCCn1cc(C)cn1)NC1CCN(Cc2ccc(Br)cc2)CC1. The van der Waals surface area contributed by atoms with Gasteiger partial charge < -0.3 is 10.6 Å². The lowest BCUT2D eigenvalue weighted by molar-refractivity contribution is 0.198. The molecule has 0 aliphatic carbocycles. The number of guanidine groups is 1. The van der Waals surface area contributed by atoms with Crippen molar-refractivity contribution in [2.75, 3.05) is 26.7 Å². The Balaban J connectivity index is 1.37. The number of aliphatic imine (C=N–C) groups is 1. The molecule has 0 spiro atoms. The van der Waals surface area contributed by atoms with E-state index in [-0.39, 0.29) is 0 Å². The van der Waals surface area contributed by atoms with Crippen molar-refractivity contribution in [1.82, 2.24) is 25.3 Å². The van der Waals surface area contributed by atoms with Crippen molar-refractivity contribution in [1.29, 1.82) is 0 Å². The minimum atomic E-state index is 0.476. The molecule has 2 aromatic rings. The van der Waals surface area contributed by atoms with Crippen LogP contribution >= 0.6 is 15.9 Å². The maximum Gasteiger partial charge on any atom is 0.191 e. The Morgan fingerprint density at radius 3 is 2.63 bits per heavy atom. The van der Waals surface area contributed by atoms with E-state index in [2.05, 4.69) is 78.9 Å². The number of likely N-dealkylation sites (tertiary alicyclic amines) is 1. The lowest BCUT2D eigenvalue weighted by atomic mass is 10.0.